The maximum Gasteiger partial charge on any atom is 0.337 e. The Balaban J connectivity index is 0.00000264. The first kappa shape index (κ1) is 19.9. The number of carbonyl (C=O) groups is 1. The van der Waals surface area contributed by atoms with Gasteiger partial charge in [-0.3, -0.25) is 0 Å². The number of halogens is 1. The Kier molecular flexibility index (Phi) is 7.01. The number of likely N-dealkylation sites (N-methyl/N-ethyl adjacent to an activating group) is 1. The van der Waals surface area contributed by atoms with Gasteiger partial charge in [-0.25, -0.2) is 13.2 Å². The van der Waals surface area contributed by atoms with E-state index in [1.165, 1.54) is 19.2 Å². The van der Waals surface area contributed by atoms with Crippen molar-refractivity contribution in [3.05, 3.63) is 29.3 Å². The molecule has 0 radical (unpaired) electrons. The molecule has 1 aliphatic heterocycles. The van der Waals surface area contributed by atoms with Crippen molar-refractivity contribution in [1.29, 1.82) is 0 Å². The summed E-state index contributed by atoms with van der Waals surface area (Å²) in [6.45, 7) is 2.87. The van der Waals surface area contributed by atoms with Crippen molar-refractivity contribution in [3.63, 3.8) is 0 Å². The predicted molar refractivity (Wildman–Crippen MR) is 90.6 cm³/mol. The standard InChI is InChI=1S/C15H22N2O4S.ClH/c1-11-9-12(15(18)21-3)6-7-14(11)22(19,20)17-8-4-5-13(17)10-16-2;/h6-7,9,13,16H,4-5,8,10H2,1-3H3;1H. The second kappa shape index (κ2) is 8.10. The molecule has 1 heterocycles. The monoisotopic (exact) mass is 362 g/mol. The molecule has 2 rings (SSSR count). The van der Waals surface area contributed by atoms with E-state index in [0.717, 1.165) is 12.8 Å². The van der Waals surface area contributed by atoms with Crippen LogP contribution in [0.4, 0.5) is 0 Å². The number of hydrogen-bond donors (Lipinski definition) is 1. The first-order chi connectivity index (χ1) is 10.4. The van der Waals surface area contributed by atoms with E-state index in [2.05, 4.69) is 10.1 Å². The number of methoxy groups -OCH3 is 1. The summed E-state index contributed by atoms with van der Waals surface area (Å²) in [5, 5.41) is 3.04. The first-order valence-electron chi connectivity index (χ1n) is 7.27. The SMILES string of the molecule is CNCC1CCCN1S(=O)(=O)c1ccc(C(=O)OC)cc1C.Cl. The average Bonchev–Trinajstić information content (AvgIpc) is 2.95. The van der Waals surface area contributed by atoms with Crippen molar-refractivity contribution in [2.24, 2.45) is 0 Å². The number of carbonyl (C=O) groups excluding carboxylic acids is 1. The largest absolute Gasteiger partial charge is 0.465 e. The fourth-order valence-corrected chi connectivity index (χ4v) is 4.78. The number of aryl methyl sites for hydroxylation is 1. The van der Waals surface area contributed by atoms with E-state index < -0.39 is 16.0 Å². The van der Waals surface area contributed by atoms with E-state index in [9.17, 15) is 13.2 Å². The van der Waals surface area contributed by atoms with Crippen molar-refractivity contribution in [2.75, 3.05) is 27.2 Å². The van der Waals surface area contributed by atoms with Gasteiger partial charge in [0, 0.05) is 19.1 Å². The molecule has 1 aromatic rings. The topological polar surface area (TPSA) is 75.7 Å². The number of ether oxygens (including phenoxy) is 1. The van der Waals surface area contributed by atoms with Crippen LogP contribution < -0.4 is 5.32 Å². The highest BCUT2D eigenvalue weighted by atomic mass is 35.5. The number of esters is 1. The van der Waals surface area contributed by atoms with E-state index in [1.54, 1.807) is 17.3 Å². The molecule has 130 valence electrons. The summed E-state index contributed by atoms with van der Waals surface area (Å²) in [5.74, 6) is -0.471. The molecule has 1 fully saturated rings. The molecule has 1 unspecified atom stereocenters. The third-order valence-corrected chi connectivity index (χ3v) is 6.06. The van der Waals surface area contributed by atoms with Gasteiger partial charge in [-0.2, -0.15) is 4.31 Å². The van der Waals surface area contributed by atoms with Gasteiger partial charge in [0.25, 0.3) is 0 Å². The van der Waals surface area contributed by atoms with Crippen LogP contribution in [0, 0.1) is 6.92 Å². The Hall–Kier alpha value is -1.15. The van der Waals surface area contributed by atoms with Crippen LogP contribution in [0.5, 0.6) is 0 Å². The van der Waals surface area contributed by atoms with Gasteiger partial charge < -0.3 is 10.1 Å². The lowest BCUT2D eigenvalue weighted by Crippen LogP contribution is -2.41. The lowest BCUT2D eigenvalue weighted by Gasteiger charge is -2.24. The van der Waals surface area contributed by atoms with Crippen LogP contribution in [0.1, 0.15) is 28.8 Å². The van der Waals surface area contributed by atoms with Crippen molar-refractivity contribution >= 4 is 28.4 Å². The van der Waals surface area contributed by atoms with Crippen LogP contribution in [0.3, 0.4) is 0 Å². The van der Waals surface area contributed by atoms with Gasteiger partial charge in [0.15, 0.2) is 0 Å². The molecule has 0 bridgehead atoms. The molecule has 0 amide bonds. The minimum atomic E-state index is -3.55. The molecule has 23 heavy (non-hydrogen) atoms. The van der Waals surface area contributed by atoms with Gasteiger partial charge in [-0.1, -0.05) is 0 Å². The molecule has 1 N–H and O–H groups in total. The Morgan fingerprint density at radius 2 is 2.13 bits per heavy atom. The third kappa shape index (κ3) is 4.03. The van der Waals surface area contributed by atoms with E-state index in [0.29, 0.717) is 24.2 Å². The third-order valence-electron chi connectivity index (χ3n) is 3.95. The van der Waals surface area contributed by atoms with Crippen LogP contribution >= 0.6 is 12.4 Å². The molecule has 0 aromatic heterocycles. The minimum absolute atomic E-state index is 0. The Bertz CT molecular complexity index is 663. The maximum atomic E-state index is 12.9. The number of benzene rings is 1. The summed E-state index contributed by atoms with van der Waals surface area (Å²) >= 11 is 0. The van der Waals surface area contributed by atoms with Crippen LogP contribution in [0.25, 0.3) is 0 Å². The maximum absolute atomic E-state index is 12.9. The fourth-order valence-electron chi connectivity index (χ4n) is 2.88. The van der Waals surface area contributed by atoms with Gasteiger partial charge in [0.05, 0.1) is 17.6 Å². The molecule has 6 nitrogen and oxygen atoms in total. The molecular formula is C15H23ClN2O4S. The Morgan fingerprint density at radius 1 is 1.43 bits per heavy atom. The average molecular weight is 363 g/mol. The molecule has 1 atom stereocenters. The molecule has 0 saturated carbocycles. The van der Waals surface area contributed by atoms with Crippen molar-refractivity contribution < 1.29 is 17.9 Å². The lowest BCUT2D eigenvalue weighted by molar-refractivity contribution is 0.0600. The molecule has 0 aliphatic carbocycles. The van der Waals surface area contributed by atoms with Gasteiger partial charge in [-0.05, 0) is 50.6 Å². The number of nitrogens with zero attached hydrogens (tertiary/aromatic N) is 1. The van der Waals surface area contributed by atoms with Gasteiger partial charge in [0.1, 0.15) is 0 Å². The molecule has 0 spiro atoms. The Morgan fingerprint density at radius 3 is 2.70 bits per heavy atom. The van der Waals surface area contributed by atoms with Crippen LogP contribution in [-0.4, -0.2) is 52.0 Å². The van der Waals surface area contributed by atoms with Crippen LogP contribution in [-0.2, 0) is 14.8 Å². The second-order valence-electron chi connectivity index (χ2n) is 5.44. The van der Waals surface area contributed by atoms with E-state index in [1.807, 2.05) is 7.05 Å². The first-order valence-corrected chi connectivity index (χ1v) is 8.71. The van der Waals surface area contributed by atoms with Crippen molar-refractivity contribution in [1.82, 2.24) is 9.62 Å². The molecule has 1 aliphatic rings. The number of sulfonamides is 1. The van der Waals surface area contributed by atoms with E-state index in [4.69, 9.17) is 0 Å². The summed E-state index contributed by atoms with van der Waals surface area (Å²) in [6, 6.07) is 4.53. The van der Waals surface area contributed by atoms with Crippen molar-refractivity contribution in [3.8, 4) is 0 Å². The summed E-state index contributed by atoms with van der Waals surface area (Å²) in [7, 11) is -0.429. The summed E-state index contributed by atoms with van der Waals surface area (Å²) in [4.78, 5) is 11.8. The Labute approximate surface area is 143 Å². The summed E-state index contributed by atoms with van der Waals surface area (Å²) in [5.41, 5.74) is 0.908. The van der Waals surface area contributed by atoms with Crippen molar-refractivity contribution in [2.45, 2.75) is 30.7 Å². The number of hydrogen-bond acceptors (Lipinski definition) is 5. The quantitative estimate of drug-likeness (QED) is 0.805. The lowest BCUT2D eigenvalue weighted by atomic mass is 10.1. The van der Waals surface area contributed by atoms with Crippen LogP contribution in [0.2, 0.25) is 0 Å². The summed E-state index contributed by atoms with van der Waals surface area (Å²) in [6.07, 6.45) is 1.73. The normalized spacial score (nSPS) is 18.5. The van der Waals surface area contributed by atoms with E-state index >= 15 is 0 Å². The van der Waals surface area contributed by atoms with Gasteiger partial charge in [0.2, 0.25) is 10.0 Å². The van der Waals surface area contributed by atoms with E-state index in [-0.39, 0.29) is 23.3 Å². The highest BCUT2D eigenvalue weighted by Gasteiger charge is 2.35. The molecule has 8 heteroatoms. The summed E-state index contributed by atoms with van der Waals surface area (Å²) < 4.78 is 32.0. The van der Waals surface area contributed by atoms with Crippen LogP contribution in [0.15, 0.2) is 23.1 Å². The van der Waals surface area contributed by atoms with Gasteiger partial charge in [-0.15, -0.1) is 12.4 Å². The minimum Gasteiger partial charge on any atom is -0.465 e. The smallest absolute Gasteiger partial charge is 0.337 e. The fraction of sp³-hybridized carbons (Fsp3) is 0.533. The molecule has 1 saturated heterocycles. The number of rotatable bonds is 5. The highest BCUT2D eigenvalue weighted by Crippen LogP contribution is 2.28. The molecular weight excluding hydrogens is 340 g/mol. The second-order valence-corrected chi connectivity index (χ2v) is 7.30. The zero-order chi connectivity index (χ0) is 16.3. The predicted octanol–water partition coefficient (Wildman–Crippen LogP) is 1.58. The van der Waals surface area contributed by atoms with Gasteiger partial charge >= 0.3 is 5.97 Å². The highest BCUT2D eigenvalue weighted by molar-refractivity contribution is 7.89. The zero-order valence-electron chi connectivity index (χ0n) is 13.5. The zero-order valence-corrected chi connectivity index (χ0v) is 15.2. The number of nitrogens with one attached hydrogen (secondary N) is 1. The molecule has 1 aromatic carbocycles.